The van der Waals surface area contributed by atoms with Crippen molar-refractivity contribution in [3.63, 3.8) is 0 Å². The van der Waals surface area contributed by atoms with E-state index in [1.165, 1.54) is 5.56 Å². The van der Waals surface area contributed by atoms with Crippen molar-refractivity contribution < 1.29 is 9.59 Å². The summed E-state index contributed by atoms with van der Waals surface area (Å²) in [7, 11) is 1.89. The van der Waals surface area contributed by atoms with Crippen LogP contribution in [0.15, 0.2) is 18.2 Å². The molecule has 2 N–H and O–H groups in total. The Hall–Kier alpha value is -1.83. The molecule has 9 heteroatoms. The number of carbonyl (C=O) groups is 2. The number of amides is 3. The van der Waals surface area contributed by atoms with Crippen LogP contribution in [0.2, 0.25) is 0 Å². The number of imide groups is 1. The smallest absolute Gasteiger partial charge is 0.317 e. The van der Waals surface area contributed by atoms with Crippen LogP contribution in [-0.4, -0.2) is 41.4 Å². The number of urea groups is 1. The summed E-state index contributed by atoms with van der Waals surface area (Å²) >= 11 is 0. The minimum absolute atomic E-state index is 0. The number of anilines is 1. The third-order valence-corrected chi connectivity index (χ3v) is 4.98. The highest BCUT2D eigenvalue weighted by atomic mass is 35.5. The van der Waals surface area contributed by atoms with Crippen LogP contribution in [0.25, 0.3) is 10.9 Å². The van der Waals surface area contributed by atoms with Crippen molar-refractivity contribution in [2.24, 2.45) is 7.05 Å². The maximum absolute atomic E-state index is 12.1. The molecule has 2 aliphatic rings. The minimum Gasteiger partial charge on any atom is -0.317 e. The van der Waals surface area contributed by atoms with E-state index in [4.69, 9.17) is 0 Å². The number of nitrogens with one attached hydrogen (secondary N) is 2. The van der Waals surface area contributed by atoms with Crippen LogP contribution in [0, 0.1) is 0 Å². The number of aromatic nitrogens is 2. The lowest BCUT2D eigenvalue weighted by Crippen LogP contribution is -2.49. The molecule has 3 amide bonds. The first-order chi connectivity index (χ1) is 11.6. The number of rotatable bonds is 2. The van der Waals surface area contributed by atoms with Crippen molar-refractivity contribution in [2.75, 3.05) is 24.5 Å². The molecule has 2 fully saturated rings. The Kier molecular flexibility index (Phi) is 6.49. The normalized spacial score (nSPS) is 18.3. The molecule has 7 nitrogen and oxygen atoms in total. The molecule has 0 bridgehead atoms. The van der Waals surface area contributed by atoms with Gasteiger partial charge in [0.1, 0.15) is 0 Å². The zero-order valence-corrected chi connectivity index (χ0v) is 16.2. The van der Waals surface area contributed by atoms with E-state index >= 15 is 0 Å². The summed E-state index contributed by atoms with van der Waals surface area (Å²) in [6, 6.07) is 6.00. The lowest BCUT2D eigenvalue weighted by Gasteiger charge is -2.25. The van der Waals surface area contributed by atoms with Gasteiger partial charge in [-0.15, -0.1) is 24.8 Å². The number of carbonyl (C=O) groups excluding carboxylic acids is 2. The average molecular weight is 400 g/mol. The Bertz CT molecular complexity index is 817. The summed E-state index contributed by atoms with van der Waals surface area (Å²) in [4.78, 5) is 25.0. The lowest BCUT2D eigenvalue weighted by molar-refractivity contribution is -0.120. The van der Waals surface area contributed by atoms with Crippen molar-refractivity contribution in [1.29, 1.82) is 0 Å². The second-order valence-corrected chi connectivity index (χ2v) is 6.50. The van der Waals surface area contributed by atoms with Gasteiger partial charge in [-0.1, -0.05) is 6.07 Å². The Morgan fingerprint density at radius 2 is 1.88 bits per heavy atom. The van der Waals surface area contributed by atoms with E-state index < -0.39 is 6.03 Å². The summed E-state index contributed by atoms with van der Waals surface area (Å²) < 4.78 is 1.82. The molecule has 0 aliphatic carbocycles. The van der Waals surface area contributed by atoms with Crippen LogP contribution in [0.1, 0.15) is 30.7 Å². The van der Waals surface area contributed by atoms with Crippen LogP contribution in [0.4, 0.5) is 10.6 Å². The monoisotopic (exact) mass is 399 g/mol. The van der Waals surface area contributed by atoms with Crippen molar-refractivity contribution in [3.8, 4) is 0 Å². The summed E-state index contributed by atoms with van der Waals surface area (Å²) in [6.07, 6.45) is 2.59. The van der Waals surface area contributed by atoms with E-state index in [1.54, 1.807) is 4.90 Å². The van der Waals surface area contributed by atoms with Crippen LogP contribution < -0.4 is 15.5 Å². The maximum atomic E-state index is 12.1. The van der Waals surface area contributed by atoms with Crippen LogP contribution in [0.3, 0.4) is 0 Å². The first-order valence-electron chi connectivity index (χ1n) is 8.42. The maximum Gasteiger partial charge on any atom is 0.329 e. The van der Waals surface area contributed by atoms with E-state index in [2.05, 4.69) is 33.9 Å². The van der Waals surface area contributed by atoms with Crippen LogP contribution in [-0.2, 0) is 11.8 Å². The number of aryl methyl sites for hydroxylation is 1. The zero-order chi connectivity index (χ0) is 16.7. The number of hydrogen-bond acceptors (Lipinski definition) is 4. The first-order valence-corrected chi connectivity index (χ1v) is 8.42. The zero-order valence-electron chi connectivity index (χ0n) is 14.5. The molecule has 0 saturated carbocycles. The van der Waals surface area contributed by atoms with E-state index in [9.17, 15) is 9.59 Å². The largest absolute Gasteiger partial charge is 0.329 e. The third-order valence-electron chi connectivity index (χ3n) is 4.98. The molecule has 0 unspecified atom stereocenters. The van der Waals surface area contributed by atoms with Gasteiger partial charge in [-0.3, -0.25) is 19.7 Å². The fraction of sp³-hybridized carbons (Fsp3) is 0.471. The molecule has 2 aliphatic heterocycles. The number of piperidine rings is 1. The van der Waals surface area contributed by atoms with Crippen LogP contribution >= 0.6 is 24.8 Å². The van der Waals surface area contributed by atoms with Gasteiger partial charge < -0.3 is 5.32 Å². The standard InChI is InChI=1S/C17H21N5O2.2ClH/c1-21-14-10-12(11-4-7-18-8-5-11)2-3-13(14)16(20-21)22-9-6-15(23)19-17(22)24;;/h2-3,10-11,18H,4-9H2,1H3,(H,19,23,24);2*1H. The predicted octanol–water partition coefficient (Wildman–Crippen LogP) is 2.33. The molecular weight excluding hydrogens is 377 g/mol. The summed E-state index contributed by atoms with van der Waals surface area (Å²) in [5.41, 5.74) is 2.35. The summed E-state index contributed by atoms with van der Waals surface area (Å²) in [5, 5.41) is 11.2. The fourth-order valence-electron chi connectivity index (χ4n) is 3.63. The van der Waals surface area contributed by atoms with Gasteiger partial charge in [0.25, 0.3) is 0 Å². The van der Waals surface area contributed by atoms with Crippen molar-refractivity contribution in [1.82, 2.24) is 20.4 Å². The lowest BCUT2D eigenvalue weighted by atomic mass is 9.90. The van der Waals surface area contributed by atoms with Gasteiger partial charge in [0.05, 0.1) is 5.52 Å². The fourth-order valence-corrected chi connectivity index (χ4v) is 3.63. The summed E-state index contributed by atoms with van der Waals surface area (Å²) in [6.45, 7) is 2.48. The van der Waals surface area contributed by atoms with Gasteiger partial charge in [0.15, 0.2) is 5.82 Å². The molecule has 2 saturated heterocycles. The topological polar surface area (TPSA) is 79.3 Å². The molecule has 0 radical (unpaired) electrons. The van der Waals surface area contributed by atoms with E-state index in [0.29, 0.717) is 24.7 Å². The second-order valence-electron chi connectivity index (χ2n) is 6.50. The van der Waals surface area contributed by atoms with Gasteiger partial charge in [0, 0.05) is 25.4 Å². The quantitative estimate of drug-likeness (QED) is 0.811. The highest BCUT2D eigenvalue weighted by Gasteiger charge is 2.28. The van der Waals surface area contributed by atoms with Gasteiger partial charge in [0.2, 0.25) is 5.91 Å². The van der Waals surface area contributed by atoms with Gasteiger partial charge in [-0.05, 0) is 49.5 Å². The van der Waals surface area contributed by atoms with Crippen molar-refractivity contribution in [2.45, 2.75) is 25.2 Å². The van der Waals surface area contributed by atoms with E-state index in [-0.39, 0.29) is 30.7 Å². The highest BCUT2D eigenvalue weighted by Crippen LogP contribution is 2.32. The molecule has 1 aromatic carbocycles. The van der Waals surface area contributed by atoms with Crippen molar-refractivity contribution in [3.05, 3.63) is 23.8 Å². The minimum atomic E-state index is -0.395. The first kappa shape index (κ1) is 20.5. The van der Waals surface area contributed by atoms with Crippen LogP contribution in [0.5, 0.6) is 0 Å². The number of halogens is 2. The molecule has 142 valence electrons. The van der Waals surface area contributed by atoms with E-state index in [1.807, 2.05) is 11.7 Å². The molecule has 0 atom stereocenters. The Morgan fingerprint density at radius 3 is 2.58 bits per heavy atom. The Labute approximate surface area is 164 Å². The SMILES string of the molecule is Cl.Cl.Cn1nc(N2CCC(=O)NC2=O)c2ccc(C3CCNCC3)cc21. The number of hydrogen-bond donors (Lipinski definition) is 2. The Balaban J connectivity index is 0.00000121. The van der Waals surface area contributed by atoms with E-state index in [0.717, 1.165) is 36.8 Å². The van der Waals surface area contributed by atoms with Crippen molar-refractivity contribution >= 4 is 53.5 Å². The molecule has 2 aromatic rings. The number of fused-ring (bicyclic) bond motifs is 1. The number of nitrogens with zero attached hydrogens (tertiary/aromatic N) is 3. The molecule has 1 aromatic heterocycles. The van der Waals surface area contributed by atoms with Gasteiger partial charge in [-0.25, -0.2) is 4.79 Å². The second kappa shape index (κ2) is 8.24. The molecule has 3 heterocycles. The summed E-state index contributed by atoms with van der Waals surface area (Å²) in [5.74, 6) is 0.962. The Morgan fingerprint density at radius 1 is 1.15 bits per heavy atom. The molecule has 0 spiro atoms. The van der Waals surface area contributed by atoms with Gasteiger partial charge in [-0.2, -0.15) is 5.10 Å². The van der Waals surface area contributed by atoms with Gasteiger partial charge >= 0.3 is 6.03 Å². The predicted molar refractivity (Wildman–Crippen MR) is 106 cm³/mol. The third kappa shape index (κ3) is 3.65. The molecular formula is C17H23Cl2N5O2. The number of benzene rings is 1. The average Bonchev–Trinajstić information content (AvgIpc) is 2.92. The molecule has 4 rings (SSSR count). The highest BCUT2D eigenvalue weighted by molar-refractivity contribution is 6.08. The molecule has 26 heavy (non-hydrogen) atoms.